The first kappa shape index (κ1) is 29.6. The average Bonchev–Trinajstić information content (AvgIpc) is 3.50. The summed E-state index contributed by atoms with van der Waals surface area (Å²) < 4.78 is 20.6. The Kier molecular flexibility index (Phi) is 6.38. The lowest BCUT2D eigenvalue weighted by Crippen LogP contribution is -2.37. The van der Waals surface area contributed by atoms with Crippen LogP contribution in [0.15, 0.2) is 152 Å². The first-order valence-corrected chi connectivity index (χ1v) is 18.2. The number of benzene rings is 7. The van der Waals surface area contributed by atoms with Gasteiger partial charge in [-0.15, -0.1) is 0 Å². The topological polar surface area (TPSA) is 30.9 Å². The van der Waals surface area contributed by atoms with Gasteiger partial charge in [0.05, 0.1) is 13.2 Å². The molecule has 0 saturated carbocycles. The summed E-state index contributed by atoms with van der Waals surface area (Å²) in [7, 11) is 0. The number of hydrogen-bond donors (Lipinski definition) is 0. The van der Waals surface area contributed by atoms with E-state index in [1.54, 1.807) is 0 Å². The quantitative estimate of drug-likeness (QED) is 0.187. The van der Waals surface area contributed by atoms with Crippen LogP contribution in [-0.2, 0) is 15.9 Å². The largest absolute Gasteiger partial charge is 0.473 e. The summed E-state index contributed by atoms with van der Waals surface area (Å²) in [6, 6.07) is 49.8. The standard InChI is InChI=1S/C48H35NO3/c1-2-11-33(12-3-1)47(34-19-21-35(22-20-34)49-28-30-50-31-29-49)26-25-41-45-44(38-14-6-7-15-39(38)46(41)52-47)40-16-8-9-17-42(40)48(45)27-24-37-36-13-5-4-10-32(36)18-23-43(37)51-48/h1-27H,28-31H2. The number of ether oxygens (including phenoxy) is 3. The molecule has 0 radical (unpaired) electrons. The van der Waals surface area contributed by atoms with E-state index >= 15 is 0 Å². The minimum atomic E-state index is -0.845. The molecule has 1 fully saturated rings. The van der Waals surface area contributed by atoms with Gasteiger partial charge in [-0.1, -0.05) is 127 Å². The van der Waals surface area contributed by atoms with Crippen molar-refractivity contribution < 1.29 is 14.2 Å². The molecule has 250 valence electrons. The van der Waals surface area contributed by atoms with E-state index in [0.29, 0.717) is 0 Å². The highest BCUT2D eigenvalue weighted by Gasteiger charge is 2.50. The van der Waals surface area contributed by atoms with Crippen molar-refractivity contribution in [2.45, 2.75) is 11.2 Å². The van der Waals surface area contributed by atoms with E-state index < -0.39 is 11.2 Å². The van der Waals surface area contributed by atoms with Crippen LogP contribution >= 0.6 is 0 Å². The first-order chi connectivity index (χ1) is 25.7. The van der Waals surface area contributed by atoms with Gasteiger partial charge in [0.2, 0.25) is 0 Å². The second-order valence-electron chi connectivity index (χ2n) is 14.1. The van der Waals surface area contributed by atoms with Crippen LogP contribution in [0.3, 0.4) is 0 Å². The van der Waals surface area contributed by atoms with Crippen molar-refractivity contribution in [1.82, 2.24) is 0 Å². The maximum atomic E-state index is 7.58. The fourth-order valence-electron chi connectivity index (χ4n) is 9.04. The van der Waals surface area contributed by atoms with Gasteiger partial charge >= 0.3 is 0 Å². The van der Waals surface area contributed by atoms with E-state index in [1.807, 2.05) is 0 Å². The highest BCUT2D eigenvalue weighted by Crippen LogP contribution is 2.60. The molecule has 3 aliphatic heterocycles. The minimum Gasteiger partial charge on any atom is -0.473 e. The molecule has 0 aromatic heterocycles. The Bertz CT molecular complexity index is 2620. The number of fused-ring (bicyclic) bond motifs is 13. The molecule has 7 aromatic rings. The molecule has 4 heteroatoms. The molecular formula is C48H35NO3. The molecule has 2 unspecified atom stereocenters. The van der Waals surface area contributed by atoms with Gasteiger partial charge in [0.25, 0.3) is 0 Å². The van der Waals surface area contributed by atoms with Gasteiger partial charge in [-0.3, -0.25) is 0 Å². The summed E-state index contributed by atoms with van der Waals surface area (Å²) in [5.74, 6) is 1.75. The molecule has 4 nitrogen and oxygen atoms in total. The van der Waals surface area contributed by atoms with Crippen LogP contribution < -0.4 is 14.4 Å². The molecule has 0 N–H and O–H groups in total. The van der Waals surface area contributed by atoms with E-state index in [4.69, 9.17) is 14.2 Å². The number of morpholine rings is 1. The average molecular weight is 674 g/mol. The van der Waals surface area contributed by atoms with Crippen molar-refractivity contribution in [3.63, 3.8) is 0 Å². The van der Waals surface area contributed by atoms with Crippen molar-refractivity contribution in [3.8, 4) is 22.6 Å². The van der Waals surface area contributed by atoms with Gasteiger partial charge in [0.15, 0.2) is 11.2 Å². The third-order valence-corrected chi connectivity index (χ3v) is 11.5. The van der Waals surface area contributed by atoms with E-state index in [9.17, 15) is 0 Å². The SMILES string of the molecule is C1=CC(c2ccccc2)(c2ccc(N3CCOCC3)cc2)Oc2c1c1c(c3ccccc23)-c2ccccc2C12C=Cc1c(ccc3ccccc13)O2. The van der Waals surface area contributed by atoms with Gasteiger partial charge in [0, 0.05) is 57.5 Å². The summed E-state index contributed by atoms with van der Waals surface area (Å²) in [6.45, 7) is 3.29. The second kappa shape index (κ2) is 11.2. The van der Waals surface area contributed by atoms with Crippen LogP contribution in [0.25, 0.3) is 44.8 Å². The predicted octanol–water partition coefficient (Wildman–Crippen LogP) is 10.5. The Balaban J connectivity index is 1.14. The monoisotopic (exact) mass is 673 g/mol. The zero-order valence-electron chi connectivity index (χ0n) is 28.6. The van der Waals surface area contributed by atoms with E-state index in [1.165, 1.54) is 27.6 Å². The van der Waals surface area contributed by atoms with Gasteiger partial charge in [-0.2, -0.15) is 0 Å². The third kappa shape index (κ3) is 4.13. The highest BCUT2D eigenvalue weighted by atomic mass is 16.5. The number of rotatable bonds is 3. The molecule has 2 atom stereocenters. The van der Waals surface area contributed by atoms with Crippen LogP contribution in [0.1, 0.15) is 33.4 Å². The van der Waals surface area contributed by atoms with Crippen LogP contribution in [0.4, 0.5) is 5.69 Å². The van der Waals surface area contributed by atoms with E-state index in [2.05, 4.69) is 169 Å². The van der Waals surface area contributed by atoms with Crippen molar-refractivity contribution >= 4 is 39.4 Å². The second-order valence-corrected chi connectivity index (χ2v) is 14.1. The zero-order chi connectivity index (χ0) is 34.3. The Morgan fingerprint density at radius 1 is 0.519 bits per heavy atom. The lowest BCUT2D eigenvalue weighted by atomic mass is 9.79. The third-order valence-electron chi connectivity index (χ3n) is 11.5. The van der Waals surface area contributed by atoms with Gasteiger partial charge in [0.1, 0.15) is 11.5 Å². The van der Waals surface area contributed by atoms with Crippen LogP contribution in [0, 0.1) is 0 Å². The van der Waals surface area contributed by atoms with Crippen LogP contribution in [0.2, 0.25) is 0 Å². The number of anilines is 1. The molecule has 52 heavy (non-hydrogen) atoms. The van der Waals surface area contributed by atoms with E-state index in [-0.39, 0.29) is 0 Å². The molecular weight excluding hydrogens is 639 g/mol. The maximum Gasteiger partial charge on any atom is 0.180 e. The predicted molar refractivity (Wildman–Crippen MR) is 210 cm³/mol. The number of nitrogens with zero attached hydrogens (tertiary/aromatic N) is 1. The number of hydrogen-bond acceptors (Lipinski definition) is 4. The van der Waals surface area contributed by atoms with Crippen molar-refractivity contribution in [3.05, 3.63) is 185 Å². The highest BCUT2D eigenvalue weighted by molar-refractivity contribution is 6.09. The molecule has 0 amide bonds. The maximum absolute atomic E-state index is 7.58. The van der Waals surface area contributed by atoms with Crippen LogP contribution in [-0.4, -0.2) is 26.3 Å². The first-order valence-electron chi connectivity index (χ1n) is 18.2. The summed E-state index contributed by atoms with van der Waals surface area (Å²) in [6.07, 6.45) is 9.10. The summed E-state index contributed by atoms with van der Waals surface area (Å²) >= 11 is 0. The fraction of sp³-hybridized carbons (Fsp3) is 0.125. The lowest BCUT2D eigenvalue weighted by Gasteiger charge is -2.40. The summed E-state index contributed by atoms with van der Waals surface area (Å²) in [5.41, 5.74) is 8.50. The van der Waals surface area contributed by atoms with Crippen LogP contribution in [0.5, 0.6) is 11.5 Å². The molecule has 7 aromatic carbocycles. The Labute approximate surface area is 302 Å². The molecule has 1 saturated heterocycles. The smallest absolute Gasteiger partial charge is 0.180 e. The van der Waals surface area contributed by atoms with Gasteiger partial charge < -0.3 is 19.1 Å². The molecule has 1 aliphatic carbocycles. The van der Waals surface area contributed by atoms with Crippen molar-refractivity contribution in [2.24, 2.45) is 0 Å². The molecule has 11 rings (SSSR count). The fourth-order valence-corrected chi connectivity index (χ4v) is 9.04. The molecule has 0 bridgehead atoms. The normalized spacial score (nSPS) is 21.0. The van der Waals surface area contributed by atoms with Gasteiger partial charge in [-0.25, -0.2) is 0 Å². The zero-order valence-corrected chi connectivity index (χ0v) is 28.6. The van der Waals surface area contributed by atoms with E-state index in [0.717, 1.165) is 82.0 Å². The lowest BCUT2D eigenvalue weighted by molar-refractivity contribution is 0.122. The van der Waals surface area contributed by atoms with Crippen molar-refractivity contribution in [2.75, 3.05) is 31.2 Å². The van der Waals surface area contributed by atoms with Crippen molar-refractivity contribution in [1.29, 1.82) is 0 Å². The minimum absolute atomic E-state index is 0.752. The summed E-state index contributed by atoms with van der Waals surface area (Å²) in [4.78, 5) is 2.39. The Morgan fingerprint density at radius 3 is 2.04 bits per heavy atom. The van der Waals surface area contributed by atoms with Gasteiger partial charge in [-0.05, 0) is 63.7 Å². The molecule has 3 heterocycles. The molecule has 4 aliphatic rings. The Hall–Kier alpha value is -6.10. The Morgan fingerprint density at radius 2 is 1.19 bits per heavy atom. The summed E-state index contributed by atoms with van der Waals surface area (Å²) in [5, 5.41) is 4.63. The molecule has 1 spiro atoms.